The van der Waals surface area contributed by atoms with Crippen molar-refractivity contribution in [3.63, 3.8) is 0 Å². The predicted octanol–water partition coefficient (Wildman–Crippen LogP) is 1.88. The molecule has 0 aromatic rings. The summed E-state index contributed by atoms with van der Waals surface area (Å²) in [6.45, 7) is 1.77. The molecule has 0 aromatic heterocycles. The number of nitrogens with one attached hydrogen (secondary N) is 1. The predicted molar refractivity (Wildman–Crippen MR) is 82.4 cm³/mol. The van der Waals surface area contributed by atoms with Gasteiger partial charge in [0.25, 0.3) is 0 Å². The number of carbonyl (C=O) groups excluding carboxylic acids is 1. The largest absolute Gasteiger partial charge is 0.355 e. The molecular formula is C16H31N3O. The summed E-state index contributed by atoms with van der Waals surface area (Å²) < 4.78 is 0. The molecule has 0 bridgehead atoms. The summed E-state index contributed by atoms with van der Waals surface area (Å²) >= 11 is 0. The van der Waals surface area contributed by atoms with Crippen molar-refractivity contribution in [1.29, 1.82) is 0 Å². The van der Waals surface area contributed by atoms with E-state index in [-0.39, 0.29) is 5.91 Å². The summed E-state index contributed by atoms with van der Waals surface area (Å²) in [6.07, 6.45) is 10.5. The molecule has 0 radical (unpaired) electrons. The molecule has 2 aliphatic carbocycles. The topological polar surface area (TPSA) is 58.4 Å². The molecule has 3 N–H and O–H groups in total. The minimum atomic E-state index is 0.227. The Balaban J connectivity index is 1.55. The van der Waals surface area contributed by atoms with Crippen LogP contribution in [0.4, 0.5) is 0 Å². The molecule has 4 heteroatoms. The van der Waals surface area contributed by atoms with Crippen LogP contribution < -0.4 is 11.1 Å². The van der Waals surface area contributed by atoms with Crippen molar-refractivity contribution in [3.8, 4) is 0 Å². The van der Waals surface area contributed by atoms with E-state index in [9.17, 15) is 4.79 Å². The maximum atomic E-state index is 11.9. The van der Waals surface area contributed by atoms with E-state index in [1.165, 1.54) is 25.7 Å². The second-order valence-electron chi connectivity index (χ2n) is 6.75. The van der Waals surface area contributed by atoms with E-state index >= 15 is 0 Å². The van der Waals surface area contributed by atoms with Gasteiger partial charge in [0.05, 0.1) is 0 Å². The summed E-state index contributed by atoms with van der Waals surface area (Å²) in [6, 6.07) is 1.11. The molecular weight excluding hydrogens is 250 g/mol. The Kier molecular flexibility index (Phi) is 6.30. The molecule has 0 spiro atoms. The molecule has 4 nitrogen and oxygen atoms in total. The van der Waals surface area contributed by atoms with Gasteiger partial charge >= 0.3 is 0 Å². The van der Waals surface area contributed by atoms with Crippen LogP contribution in [0.25, 0.3) is 0 Å². The van der Waals surface area contributed by atoms with Gasteiger partial charge in [-0.15, -0.1) is 0 Å². The zero-order chi connectivity index (χ0) is 14.4. The van der Waals surface area contributed by atoms with Crippen LogP contribution >= 0.6 is 0 Å². The van der Waals surface area contributed by atoms with Crippen LogP contribution in [-0.4, -0.2) is 43.0 Å². The molecule has 20 heavy (non-hydrogen) atoms. The summed E-state index contributed by atoms with van der Waals surface area (Å²) in [5.41, 5.74) is 5.89. The summed E-state index contributed by atoms with van der Waals surface area (Å²) in [7, 11) is 2.19. The lowest BCUT2D eigenvalue weighted by Gasteiger charge is -2.26. The van der Waals surface area contributed by atoms with E-state index in [0.29, 0.717) is 18.4 Å². The lowest BCUT2D eigenvalue weighted by Crippen LogP contribution is -2.38. The molecule has 2 saturated carbocycles. The first kappa shape index (κ1) is 15.8. The molecule has 0 atom stereocenters. The molecule has 0 aromatic carbocycles. The van der Waals surface area contributed by atoms with Crippen LogP contribution in [0.15, 0.2) is 0 Å². The molecule has 2 rings (SSSR count). The third-order valence-corrected chi connectivity index (χ3v) is 5.10. The number of hydrogen-bond acceptors (Lipinski definition) is 3. The average molecular weight is 281 g/mol. The van der Waals surface area contributed by atoms with Crippen molar-refractivity contribution in [2.45, 2.75) is 69.9 Å². The Hall–Kier alpha value is -0.610. The van der Waals surface area contributed by atoms with E-state index in [1.807, 2.05) is 0 Å². The van der Waals surface area contributed by atoms with E-state index in [1.54, 1.807) is 0 Å². The maximum absolute atomic E-state index is 11.9. The Labute approximate surface area is 123 Å². The molecule has 2 fully saturated rings. The SMILES string of the molecule is CN(CCNC(=O)CC1CCC(N)CC1)C1CCCC1. The van der Waals surface area contributed by atoms with Gasteiger partial charge in [-0.25, -0.2) is 0 Å². The zero-order valence-corrected chi connectivity index (χ0v) is 12.9. The molecule has 0 heterocycles. The maximum Gasteiger partial charge on any atom is 0.220 e. The summed E-state index contributed by atoms with van der Waals surface area (Å²) in [4.78, 5) is 14.3. The van der Waals surface area contributed by atoms with Gasteiger partial charge in [-0.3, -0.25) is 4.79 Å². The number of nitrogens with two attached hydrogens (primary N) is 1. The highest BCUT2D eigenvalue weighted by Gasteiger charge is 2.21. The fraction of sp³-hybridized carbons (Fsp3) is 0.938. The normalized spacial score (nSPS) is 27.9. The Morgan fingerprint density at radius 2 is 1.80 bits per heavy atom. The van der Waals surface area contributed by atoms with Gasteiger partial charge in [0.1, 0.15) is 0 Å². The van der Waals surface area contributed by atoms with Crippen LogP contribution in [0, 0.1) is 5.92 Å². The molecule has 1 amide bonds. The van der Waals surface area contributed by atoms with Gasteiger partial charge in [-0.1, -0.05) is 12.8 Å². The molecule has 116 valence electrons. The van der Waals surface area contributed by atoms with Crippen molar-refractivity contribution in [1.82, 2.24) is 10.2 Å². The number of likely N-dealkylation sites (N-methyl/N-ethyl adjacent to an activating group) is 1. The quantitative estimate of drug-likeness (QED) is 0.781. The first-order valence-corrected chi connectivity index (χ1v) is 8.37. The fourth-order valence-electron chi connectivity index (χ4n) is 3.63. The monoisotopic (exact) mass is 281 g/mol. The molecule has 0 unspecified atom stereocenters. The minimum absolute atomic E-state index is 0.227. The van der Waals surface area contributed by atoms with Gasteiger partial charge in [-0.05, 0) is 51.5 Å². The fourth-order valence-corrected chi connectivity index (χ4v) is 3.63. The standard InChI is InChI=1S/C16H31N3O/c1-19(15-4-2-3-5-15)11-10-18-16(20)12-13-6-8-14(17)9-7-13/h13-15H,2-12,17H2,1H3,(H,18,20). The number of amides is 1. The highest BCUT2D eigenvalue weighted by atomic mass is 16.1. The highest BCUT2D eigenvalue weighted by Crippen LogP contribution is 2.25. The zero-order valence-electron chi connectivity index (χ0n) is 12.9. The Bertz CT molecular complexity index is 294. The number of rotatable bonds is 6. The van der Waals surface area contributed by atoms with E-state index in [0.717, 1.165) is 44.8 Å². The number of carbonyl (C=O) groups is 1. The van der Waals surface area contributed by atoms with Crippen LogP contribution in [0.5, 0.6) is 0 Å². The van der Waals surface area contributed by atoms with Gasteiger partial charge in [0, 0.05) is 31.6 Å². The third-order valence-electron chi connectivity index (χ3n) is 5.10. The van der Waals surface area contributed by atoms with Crippen LogP contribution in [-0.2, 0) is 4.79 Å². The molecule has 0 aliphatic heterocycles. The average Bonchev–Trinajstić information content (AvgIpc) is 2.95. The summed E-state index contributed by atoms with van der Waals surface area (Å²) in [5.74, 6) is 0.785. The lowest BCUT2D eigenvalue weighted by molar-refractivity contribution is -0.122. The van der Waals surface area contributed by atoms with Crippen molar-refractivity contribution in [2.75, 3.05) is 20.1 Å². The van der Waals surface area contributed by atoms with Gasteiger partial charge in [-0.2, -0.15) is 0 Å². The second kappa shape index (κ2) is 7.99. The van der Waals surface area contributed by atoms with Crippen LogP contribution in [0.2, 0.25) is 0 Å². The van der Waals surface area contributed by atoms with Crippen molar-refractivity contribution in [2.24, 2.45) is 11.7 Å². The molecule has 0 saturated heterocycles. The summed E-state index contributed by atoms with van der Waals surface area (Å²) in [5, 5.41) is 3.08. The minimum Gasteiger partial charge on any atom is -0.355 e. The first-order valence-electron chi connectivity index (χ1n) is 8.37. The van der Waals surface area contributed by atoms with Crippen molar-refractivity contribution in [3.05, 3.63) is 0 Å². The van der Waals surface area contributed by atoms with Crippen molar-refractivity contribution < 1.29 is 4.79 Å². The number of nitrogens with zero attached hydrogens (tertiary/aromatic N) is 1. The van der Waals surface area contributed by atoms with Crippen LogP contribution in [0.3, 0.4) is 0 Å². The van der Waals surface area contributed by atoms with Gasteiger partial charge in [0.2, 0.25) is 5.91 Å². The second-order valence-corrected chi connectivity index (χ2v) is 6.75. The Morgan fingerprint density at radius 3 is 2.45 bits per heavy atom. The highest BCUT2D eigenvalue weighted by molar-refractivity contribution is 5.76. The van der Waals surface area contributed by atoms with Crippen molar-refractivity contribution >= 4 is 5.91 Å². The number of hydrogen-bond donors (Lipinski definition) is 2. The van der Waals surface area contributed by atoms with Gasteiger partial charge < -0.3 is 16.0 Å². The van der Waals surface area contributed by atoms with Gasteiger partial charge in [0.15, 0.2) is 0 Å². The first-order chi connectivity index (χ1) is 9.65. The van der Waals surface area contributed by atoms with Crippen LogP contribution in [0.1, 0.15) is 57.8 Å². The lowest BCUT2D eigenvalue weighted by atomic mass is 9.84. The van der Waals surface area contributed by atoms with E-state index in [2.05, 4.69) is 17.3 Å². The van der Waals surface area contributed by atoms with E-state index in [4.69, 9.17) is 5.73 Å². The van der Waals surface area contributed by atoms with E-state index < -0.39 is 0 Å². The Morgan fingerprint density at radius 1 is 1.15 bits per heavy atom. The molecule has 2 aliphatic rings. The third kappa shape index (κ3) is 5.06. The smallest absolute Gasteiger partial charge is 0.220 e.